The number of alkyl halides is 6. The number of benzene rings is 3. The van der Waals surface area contributed by atoms with Gasteiger partial charge in [0.1, 0.15) is 17.3 Å². The molecule has 0 bridgehead atoms. The van der Waals surface area contributed by atoms with Crippen molar-refractivity contribution < 1.29 is 54.8 Å². The Morgan fingerprint density at radius 3 is 1.96 bits per heavy atom. The number of ether oxygens (including phenoxy) is 3. The lowest BCUT2D eigenvalue weighted by molar-refractivity contribution is -0.143. The first-order valence-corrected chi connectivity index (χ1v) is 15.6. The second-order valence-corrected chi connectivity index (χ2v) is 12.6. The monoisotopic (exact) mass is 723 g/mol. The molecule has 0 spiro atoms. The average Bonchev–Trinajstić information content (AvgIpc) is 3.05. The number of rotatable bonds is 13. The third-order valence-corrected chi connectivity index (χ3v) is 7.78. The number of aromatic nitrogens is 2. The van der Waals surface area contributed by atoms with Gasteiger partial charge in [0.15, 0.2) is 5.75 Å². The third-order valence-electron chi connectivity index (χ3n) is 7.78. The number of halogens is 7. The molecule has 15 heteroatoms. The summed E-state index contributed by atoms with van der Waals surface area (Å²) in [5.74, 6) is -0.844. The summed E-state index contributed by atoms with van der Waals surface area (Å²) in [6, 6.07) is 9.18. The van der Waals surface area contributed by atoms with E-state index >= 15 is 4.39 Å². The van der Waals surface area contributed by atoms with Crippen molar-refractivity contribution in [1.82, 2.24) is 9.97 Å². The van der Waals surface area contributed by atoms with Gasteiger partial charge in [-0.1, -0.05) is 26.8 Å². The highest BCUT2D eigenvalue weighted by molar-refractivity contribution is 5.76. The van der Waals surface area contributed by atoms with Gasteiger partial charge in [-0.15, -0.1) is 0 Å². The highest BCUT2D eigenvalue weighted by Gasteiger charge is 2.37. The Hall–Kier alpha value is -5.08. The zero-order valence-electron chi connectivity index (χ0n) is 28.4. The molecule has 1 N–H and O–H groups in total. The Kier molecular flexibility index (Phi) is 11.7. The standard InChI is InChI=1S/C36H36F7N3O5/c1-34(2,3)29-15-28(31(50-5)16-30(29)37)27-9-8-25(49-4)13-22(27)20-46(33-44-17-26(18-45-33)51-10-6-7-32(47)48)19-21-11-23(35(38,39)40)14-24(12-21)36(41,42)43/h8-9,11-18H,6-7,10,19-20H2,1-5H3,(H,47,48). The second kappa shape index (κ2) is 15.4. The van der Waals surface area contributed by atoms with Crippen molar-refractivity contribution in [3.63, 3.8) is 0 Å². The van der Waals surface area contributed by atoms with Crippen molar-refractivity contribution in [3.05, 3.63) is 94.6 Å². The summed E-state index contributed by atoms with van der Waals surface area (Å²) in [6.07, 6.45) is -7.56. The first kappa shape index (κ1) is 38.7. The van der Waals surface area contributed by atoms with Gasteiger partial charge < -0.3 is 24.2 Å². The van der Waals surface area contributed by atoms with Crippen LogP contribution in [0.5, 0.6) is 17.2 Å². The number of anilines is 1. The molecule has 0 saturated carbocycles. The molecule has 0 saturated heterocycles. The molecule has 0 aliphatic heterocycles. The summed E-state index contributed by atoms with van der Waals surface area (Å²) in [6.45, 7) is 4.86. The normalized spacial score (nSPS) is 12.1. The van der Waals surface area contributed by atoms with E-state index in [1.165, 1.54) is 37.6 Å². The van der Waals surface area contributed by atoms with E-state index in [2.05, 4.69) is 9.97 Å². The van der Waals surface area contributed by atoms with Crippen LogP contribution in [-0.2, 0) is 35.7 Å². The van der Waals surface area contributed by atoms with Crippen molar-refractivity contribution in [2.45, 2.75) is 64.5 Å². The van der Waals surface area contributed by atoms with E-state index in [1.807, 2.05) is 20.8 Å². The summed E-state index contributed by atoms with van der Waals surface area (Å²) in [4.78, 5) is 20.8. The molecule has 0 aliphatic rings. The van der Waals surface area contributed by atoms with E-state index in [9.17, 15) is 31.1 Å². The van der Waals surface area contributed by atoms with Crippen LogP contribution in [0.4, 0.5) is 36.7 Å². The van der Waals surface area contributed by atoms with Crippen molar-refractivity contribution in [2.24, 2.45) is 0 Å². The van der Waals surface area contributed by atoms with Gasteiger partial charge in [-0.3, -0.25) is 4.79 Å². The Labute approximate surface area is 289 Å². The van der Waals surface area contributed by atoms with Crippen molar-refractivity contribution in [1.29, 1.82) is 0 Å². The Morgan fingerprint density at radius 1 is 0.804 bits per heavy atom. The predicted octanol–water partition coefficient (Wildman–Crippen LogP) is 9.09. The smallest absolute Gasteiger partial charge is 0.416 e. The van der Waals surface area contributed by atoms with E-state index in [-0.39, 0.29) is 55.1 Å². The minimum atomic E-state index is -5.07. The Balaban J connectivity index is 1.86. The number of nitrogens with zero attached hydrogens (tertiary/aromatic N) is 3. The molecule has 3 aromatic carbocycles. The van der Waals surface area contributed by atoms with Crippen LogP contribution in [0.3, 0.4) is 0 Å². The third kappa shape index (κ3) is 10.0. The molecular formula is C36H36F7N3O5. The van der Waals surface area contributed by atoms with Crippen LogP contribution < -0.4 is 19.1 Å². The van der Waals surface area contributed by atoms with Gasteiger partial charge >= 0.3 is 18.3 Å². The minimum Gasteiger partial charge on any atom is -0.497 e. The quantitative estimate of drug-likeness (QED) is 0.108. The van der Waals surface area contributed by atoms with Crippen molar-refractivity contribution >= 4 is 11.9 Å². The van der Waals surface area contributed by atoms with Gasteiger partial charge in [0, 0.05) is 31.1 Å². The van der Waals surface area contributed by atoms with E-state index < -0.39 is 47.2 Å². The van der Waals surface area contributed by atoms with E-state index in [0.29, 0.717) is 40.1 Å². The summed E-state index contributed by atoms with van der Waals surface area (Å²) in [7, 11) is 2.79. The van der Waals surface area contributed by atoms with Gasteiger partial charge in [0.2, 0.25) is 5.95 Å². The van der Waals surface area contributed by atoms with Crippen LogP contribution in [0.2, 0.25) is 0 Å². The number of carboxylic acid groups (broad SMARTS) is 1. The number of carbonyl (C=O) groups is 1. The summed E-state index contributed by atoms with van der Waals surface area (Å²) < 4.78 is 114. The molecular weight excluding hydrogens is 687 g/mol. The highest BCUT2D eigenvalue weighted by atomic mass is 19.4. The lowest BCUT2D eigenvalue weighted by Gasteiger charge is -2.27. The van der Waals surface area contributed by atoms with Crippen LogP contribution >= 0.6 is 0 Å². The number of aliphatic carboxylic acids is 1. The van der Waals surface area contributed by atoms with E-state index in [1.54, 1.807) is 24.3 Å². The zero-order chi connectivity index (χ0) is 37.7. The Morgan fingerprint density at radius 2 is 1.43 bits per heavy atom. The molecule has 1 aromatic heterocycles. The molecule has 0 atom stereocenters. The van der Waals surface area contributed by atoms with E-state index in [0.717, 1.165) is 0 Å². The maximum Gasteiger partial charge on any atom is 0.416 e. The molecule has 1 heterocycles. The second-order valence-electron chi connectivity index (χ2n) is 12.6. The molecule has 0 aliphatic carbocycles. The summed E-state index contributed by atoms with van der Waals surface area (Å²) >= 11 is 0. The van der Waals surface area contributed by atoms with Crippen LogP contribution in [0.15, 0.2) is 60.9 Å². The fourth-order valence-electron chi connectivity index (χ4n) is 5.29. The molecule has 274 valence electrons. The molecule has 0 fully saturated rings. The van der Waals surface area contributed by atoms with Gasteiger partial charge in [-0.25, -0.2) is 14.4 Å². The number of carboxylic acids is 1. The van der Waals surface area contributed by atoms with Crippen molar-refractivity contribution in [2.75, 3.05) is 25.7 Å². The topological polar surface area (TPSA) is 94.0 Å². The number of hydrogen-bond acceptors (Lipinski definition) is 7. The van der Waals surface area contributed by atoms with Crippen LogP contribution in [0.1, 0.15) is 61.4 Å². The molecule has 4 aromatic rings. The fraction of sp³-hybridized carbons (Fsp3) is 0.361. The lowest BCUT2D eigenvalue weighted by Crippen LogP contribution is -2.25. The highest BCUT2D eigenvalue weighted by Crippen LogP contribution is 2.41. The maximum atomic E-state index is 15.2. The molecule has 0 amide bonds. The summed E-state index contributed by atoms with van der Waals surface area (Å²) in [5.41, 5.74) is -2.06. The average molecular weight is 724 g/mol. The van der Waals surface area contributed by atoms with Gasteiger partial charge in [0.25, 0.3) is 0 Å². The molecule has 8 nitrogen and oxygen atoms in total. The van der Waals surface area contributed by atoms with Crippen LogP contribution in [-0.4, -0.2) is 41.9 Å². The first-order chi connectivity index (χ1) is 23.8. The van der Waals surface area contributed by atoms with Gasteiger partial charge in [0.05, 0.1) is 44.3 Å². The molecule has 4 rings (SSSR count). The fourth-order valence-corrected chi connectivity index (χ4v) is 5.29. The molecule has 0 radical (unpaired) electrons. The van der Waals surface area contributed by atoms with Gasteiger partial charge in [-0.2, -0.15) is 26.3 Å². The lowest BCUT2D eigenvalue weighted by atomic mass is 9.84. The number of hydrogen-bond donors (Lipinski definition) is 1. The maximum absolute atomic E-state index is 15.2. The van der Waals surface area contributed by atoms with Gasteiger partial charge in [-0.05, 0) is 70.5 Å². The Bertz CT molecular complexity index is 1810. The van der Waals surface area contributed by atoms with Crippen LogP contribution in [0.25, 0.3) is 11.1 Å². The predicted molar refractivity (Wildman–Crippen MR) is 174 cm³/mol. The number of methoxy groups -OCH3 is 2. The van der Waals surface area contributed by atoms with Crippen LogP contribution in [0, 0.1) is 5.82 Å². The van der Waals surface area contributed by atoms with Crippen molar-refractivity contribution in [3.8, 4) is 28.4 Å². The summed E-state index contributed by atoms with van der Waals surface area (Å²) in [5, 5.41) is 8.85. The minimum absolute atomic E-state index is 0.0341. The SMILES string of the molecule is COc1ccc(-c2cc(C(C)(C)C)c(F)cc2OC)c(CN(Cc2cc(C(F)(F)F)cc(C(F)(F)F)c2)c2ncc(OCCCC(=O)O)cn2)c1. The first-order valence-electron chi connectivity index (χ1n) is 15.6. The molecule has 0 unspecified atom stereocenters. The van der Waals surface area contributed by atoms with E-state index in [4.69, 9.17) is 19.3 Å². The molecule has 51 heavy (non-hydrogen) atoms. The zero-order valence-corrected chi connectivity index (χ0v) is 28.4. The largest absolute Gasteiger partial charge is 0.497 e.